The Hall–Kier alpha value is -3.35. The lowest BCUT2D eigenvalue weighted by atomic mass is 9.98. The van der Waals surface area contributed by atoms with E-state index in [4.69, 9.17) is 9.84 Å². The number of nitrogens with one attached hydrogen (secondary N) is 2. The van der Waals surface area contributed by atoms with E-state index >= 15 is 0 Å². The molecule has 0 bridgehead atoms. The molecule has 2 amide bonds. The zero-order chi connectivity index (χ0) is 24.8. The highest BCUT2D eigenvalue weighted by atomic mass is 16.5. The van der Waals surface area contributed by atoms with E-state index in [2.05, 4.69) is 34.9 Å². The second-order valence-electron chi connectivity index (χ2n) is 9.57. The van der Waals surface area contributed by atoms with Crippen LogP contribution < -0.4 is 10.6 Å². The van der Waals surface area contributed by atoms with Crippen LogP contribution in [0.3, 0.4) is 0 Å². The van der Waals surface area contributed by atoms with Gasteiger partial charge in [-0.05, 0) is 47.4 Å². The summed E-state index contributed by atoms with van der Waals surface area (Å²) in [6, 6.07) is 15.4. The molecule has 3 N–H and O–H groups in total. The molecular formula is C28H34N2O5. The molecule has 4 rings (SSSR count). The fraction of sp³-hybridized carbons (Fsp3) is 0.464. The van der Waals surface area contributed by atoms with Crippen molar-refractivity contribution in [2.75, 3.05) is 6.61 Å². The summed E-state index contributed by atoms with van der Waals surface area (Å²) in [6.45, 7) is 2.22. The van der Waals surface area contributed by atoms with Crippen LogP contribution in [0.2, 0.25) is 0 Å². The summed E-state index contributed by atoms with van der Waals surface area (Å²) in [5, 5.41) is 14.9. The molecule has 0 unspecified atom stereocenters. The molecule has 0 radical (unpaired) electrons. The summed E-state index contributed by atoms with van der Waals surface area (Å²) in [5.41, 5.74) is 4.58. The lowest BCUT2D eigenvalue weighted by Gasteiger charge is -2.24. The van der Waals surface area contributed by atoms with E-state index in [-0.39, 0.29) is 36.8 Å². The van der Waals surface area contributed by atoms with Gasteiger partial charge in [-0.15, -0.1) is 0 Å². The number of aliphatic carboxylic acids is 1. The third kappa shape index (κ3) is 5.84. The van der Waals surface area contributed by atoms with Gasteiger partial charge in [-0.2, -0.15) is 0 Å². The van der Waals surface area contributed by atoms with E-state index in [9.17, 15) is 14.4 Å². The van der Waals surface area contributed by atoms with Crippen molar-refractivity contribution in [1.82, 2.24) is 10.6 Å². The fourth-order valence-electron chi connectivity index (χ4n) is 5.44. The predicted octanol–water partition coefficient (Wildman–Crippen LogP) is 4.84. The Balaban J connectivity index is 1.37. The van der Waals surface area contributed by atoms with Crippen LogP contribution in [0.4, 0.5) is 4.79 Å². The maximum absolute atomic E-state index is 13.0. The molecule has 0 saturated heterocycles. The second-order valence-corrected chi connectivity index (χ2v) is 9.57. The van der Waals surface area contributed by atoms with Crippen LogP contribution in [-0.2, 0) is 14.3 Å². The fourth-order valence-corrected chi connectivity index (χ4v) is 5.44. The standard InChI is InChI=1S/C28H34N2O5/c1-2-3-14-25(27(33)29-24-15-8-9-18(24)16-26(31)32)30-28(34)35-17-23-21-12-6-4-10-19(21)20-11-5-7-13-22(20)23/h4-7,10-13,18,23-25H,2-3,8-9,14-17H2,1H3,(H,29,33)(H,30,34)(H,31,32)/t18-,24+,25-/m0/s1. The monoisotopic (exact) mass is 478 g/mol. The number of alkyl carbamates (subject to hydrolysis) is 1. The Labute approximate surface area is 206 Å². The van der Waals surface area contributed by atoms with Gasteiger partial charge >= 0.3 is 12.1 Å². The number of hydrogen-bond donors (Lipinski definition) is 3. The summed E-state index contributed by atoms with van der Waals surface area (Å²) in [7, 11) is 0. The smallest absolute Gasteiger partial charge is 0.407 e. The molecule has 2 aliphatic carbocycles. The number of ether oxygens (including phenoxy) is 1. The van der Waals surface area contributed by atoms with Gasteiger partial charge in [0.05, 0.1) is 6.42 Å². The van der Waals surface area contributed by atoms with Gasteiger partial charge in [-0.3, -0.25) is 9.59 Å². The van der Waals surface area contributed by atoms with E-state index in [0.29, 0.717) is 6.42 Å². The third-order valence-corrected chi connectivity index (χ3v) is 7.22. The number of amides is 2. The van der Waals surface area contributed by atoms with Crippen molar-refractivity contribution in [2.24, 2.45) is 5.92 Å². The molecule has 1 fully saturated rings. The van der Waals surface area contributed by atoms with Crippen LogP contribution >= 0.6 is 0 Å². The van der Waals surface area contributed by atoms with Gasteiger partial charge < -0.3 is 20.5 Å². The number of carboxylic acids is 1. The van der Waals surface area contributed by atoms with E-state index in [1.165, 1.54) is 0 Å². The van der Waals surface area contributed by atoms with Crippen LogP contribution in [0.5, 0.6) is 0 Å². The highest BCUT2D eigenvalue weighted by Crippen LogP contribution is 2.44. The van der Waals surface area contributed by atoms with E-state index in [1.54, 1.807) is 0 Å². The number of rotatable bonds is 10. The minimum absolute atomic E-state index is 0.0460. The van der Waals surface area contributed by atoms with Crippen molar-refractivity contribution in [2.45, 2.75) is 69.9 Å². The summed E-state index contributed by atoms with van der Waals surface area (Å²) < 4.78 is 5.64. The molecule has 2 aliphatic rings. The quantitative estimate of drug-likeness (QED) is 0.453. The molecule has 0 spiro atoms. The molecule has 1 saturated carbocycles. The number of hydrogen-bond acceptors (Lipinski definition) is 4. The molecule has 7 nitrogen and oxygen atoms in total. The molecule has 3 atom stereocenters. The Bertz CT molecular complexity index is 1020. The van der Waals surface area contributed by atoms with Gasteiger partial charge in [0.25, 0.3) is 0 Å². The lowest BCUT2D eigenvalue weighted by Crippen LogP contribution is -2.50. The zero-order valence-electron chi connectivity index (χ0n) is 20.2. The molecular weight excluding hydrogens is 444 g/mol. The molecule has 35 heavy (non-hydrogen) atoms. The Morgan fingerprint density at radius 1 is 1.03 bits per heavy atom. The average Bonchev–Trinajstić information content (AvgIpc) is 3.41. The highest BCUT2D eigenvalue weighted by molar-refractivity contribution is 5.86. The second kappa shape index (κ2) is 11.4. The van der Waals surface area contributed by atoms with Crippen molar-refractivity contribution in [3.63, 3.8) is 0 Å². The number of carboxylic acid groups (broad SMARTS) is 1. The Morgan fingerprint density at radius 2 is 1.69 bits per heavy atom. The molecule has 0 aromatic heterocycles. The van der Waals surface area contributed by atoms with Crippen LogP contribution in [-0.4, -0.2) is 41.8 Å². The SMILES string of the molecule is CCCC[C@H](NC(=O)OCC1c2ccccc2-c2ccccc21)C(=O)N[C@@H]1CCC[C@H]1CC(=O)O. The van der Waals surface area contributed by atoms with Crippen molar-refractivity contribution in [3.05, 3.63) is 59.7 Å². The summed E-state index contributed by atoms with van der Waals surface area (Å²) >= 11 is 0. The molecule has 186 valence electrons. The first kappa shape index (κ1) is 24.8. The van der Waals surface area contributed by atoms with Crippen LogP contribution in [0, 0.1) is 5.92 Å². The summed E-state index contributed by atoms with van der Waals surface area (Å²) in [6.07, 6.45) is 4.05. The van der Waals surface area contributed by atoms with Crippen molar-refractivity contribution >= 4 is 18.0 Å². The van der Waals surface area contributed by atoms with E-state index < -0.39 is 18.1 Å². The topological polar surface area (TPSA) is 105 Å². The largest absolute Gasteiger partial charge is 0.481 e. The number of unbranched alkanes of at least 4 members (excludes halogenated alkanes) is 1. The maximum Gasteiger partial charge on any atom is 0.407 e. The number of fused-ring (bicyclic) bond motifs is 3. The van der Waals surface area contributed by atoms with Gasteiger partial charge in [-0.1, -0.05) is 74.7 Å². The highest BCUT2D eigenvalue weighted by Gasteiger charge is 2.33. The summed E-state index contributed by atoms with van der Waals surface area (Å²) in [5.74, 6) is -1.24. The van der Waals surface area contributed by atoms with Gasteiger partial charge in [0.2, 0.25) is 5.91 Å². The van der Waals surface area contributed by atoms with Crippen molar-refractivity contribution in [1.29, 1.82) is 0 Å². The Morgan fingerprint density at radius 3 is 2.31 bits per heavy atom. The summed E-state index contributed by atoms with van der Waals surface area (Å²) in [4.78, 5) is 36.9. The van der Waals surface area contributed by atoms with Gasteiger partial charge in [0.1, 0.15) is 12.6 Å². The Kier molecular flexibility index (Phi) is 8.06. The normalized spacial score (nSPS) is 19.5. The number of carbonyl (C=O) groups is 3. The van der Waals surface area contributed by atoms with Crippen LogP contribution in [0.15, 0.2) is 48.5 Å². The van der Waals surface area contributed by atoms with Gasteiger partial charge in [0, 0.05) is 12.0 Å². The first-order valence-corrected chi connectivity index (χ1v) is 12.6. The number of benzene rings is 2. The first-order valence-electron chi connectivity index (χ1n) is 12.6. The predicted molar refractivity (Wildman–Crippen MR) is 133 cm³/mol. The average molecular weight is 479 g/mol. The maximum atomic E-state index is 13.0. The van der Waals surface area contributed by atoms with E-state index in [0.717, 1.165) is 54.4 Å². The lowest BCUT2D eigenvalue weighted by molar-refractivity contribution is -0.138. The van der Waals surface area contributed by atoms with Crippen molar-refractivity contribution < 1.29 is 24.2 Å². The molecule has 0 heterocycles. The molecule has 7 heteroatoms. The zero-order valence-corrected chi connectivity index (χ0v) is 20.2. The van der Waals surface area contributed by atoms with E-state index in [1.807, 2.05) is 31.2 Å². The van der Waals surface area contributed by atoms with Gasteiger partial charge in [-0.25, -0.2) is 4.79 Å². The minimum atomic E-state index is -0.851. The van der Waals surface area contributed by atoms with Crippen LogP contribution in [0.1, 0.15) is 68.9 Å². The van der Waals surface area contributed by atoms with Crippen LogP contribution in [0.25, 0.3) is 11.1 Å². The van der Waals surface area contributed by atoms with Crippen molar-refractivity contribution in [3.8, 4) is 11.1 Å². The minimum Gasteiger partial charge on any atom is -0.481 e. The molecule has 2 aromatic carbocycles. The third-order valence-electron chi connectivity index (χ3n) is 7.22. The number of carbonyl (C=O) groups excluding carboxylic acids is 2. The molecule has 2 aromatic rings. The molecule has 0 aliphatic heterocycles. The van der Waals surface area contributed by atoms with Gasteiger partial charge in [0.15, 0.2) is 0 Å². The first-order chi connectivity index (χ1) is 17.0.